The third-order valence-corrected chi connectivity index (χ3v) is 11.3. The summed E-state index contributed by atoms with van der Waals surface area (Å²) in [5, 5.41) is 88.0. The standard InChI is InChI=1S/C27H48O8/c1-13(12-28)6-5-7-14(2)17-20(31)22(33)23-26(17,4)11-9-16-25(3)10-8-15(29)19(30)18(25)21(32)24(34)27(16,23)35/h13-24,28-35H,5-12H2,1-4H3/t13-,14+,15-,16?,17-,18?,19-,20+,21-,22+,23?,24+,25+,26+,27-/m0/s1. The van der Waals surface area contributed by atoms with Crippen LogP contribution in [0.4, 0.5) is 0 Å². The lowest BCUT2D eigenvalue weighted by atomic mass is 9.40. The van der Waals surface area contributed by atoms with Crippen LogP contribution in [0.25, 0.3) is 0 Å². The van der Waals surface area contributed by atoms with Gasteiger partial charge >= 0.3 is 0 Å². The van der Waals surface area contributed by atoms with Gasteiger partial charge in [-0.15, -0.1) is 0 Å². The van der Waals surface area contributed by atoms with Crippen LogP contribution in [0.2, 0.25) is 0 Å². The van der Waals surface area contributed by atoms with Gasteiger partial charge in [0.15, 0.2) is 0 Å². The highest BCUT2D eigenvalue weighted by atomic mass is 16.4. The third kappa shape index (κ3) is 3.85. The zero-order chi connectivity index (χ0) is 26.1. The van der Waals surface area contributed by atoms with Crippen molar-refractivity contribution in [2.45, 2.75) is 115 Å². The van der Waals surface area contributed by atoms with E-state index >= 15 is 0 Å². The number of aliphatic hydroxyl groups is 8. The molecule has 8 N–H and O–H groups in total. The topological polar surface area (TPSA) is 162 Å². The Kier molecular flexibility index (Phi) is 7.48. The van der Waals surface area contributed by atoms with Gasteiger partial charge in [-0.2, -0.15) is 0 Å². The van der Waals surface area contributed by atoms with Gasteiger partial charge in [-0.1, -0.05) is 40.5 Å². The van der Waals surface area contributed by atoms with E-state index in [1.807, 2.05) is 20.8 Å². The highest BCUT2D eigenvalue weighted by Crippen LogP contribution is 2.69. The molecular formula is C27H48O8. The Morgan fingerprint density at radius 3 is 2.06 bits per heavy atom. The summed E-state index contributed by atoms with van der Waals surface area (Å²) in [6.45, 7) is 8.11. The fourth-order valence-corrected chi connectivity index (χ4v) is 9.61. The van der Waals surface area contributed by atoms with Gasteiger partial charge in [0.1, 0.15) is 11.7 Å². The Morgan fingerprint density at radius 1 is 0.800 bits per heavy atom. The maximum absolute atomic E-state index is 12.3. The van der Waals surface area contributed by atoms with Crippen LogP contribution in [0.3, 0.4) is 0 Å². The number of fused-ring (bicyclic) bond motifs is 5. The summed E-state index contributed by atoms with van der Waals surface area (Å²) in [5.41, 5.74) is -3.22. The van der Waals surface area contributed by atoms with Crippen LogP contribution in [0.5, 0.6) is 0 Å². The summed E-state index contributed by atoms with van der Waals surface area (Å²) in [4.78, 5) is 0. The molecule has 0 saturated heterocycles. The van der Waals surface area contributed by atoms with Crippen LogP contribution in [-0.2, 0) is 0 Å². The smallest absolute Gasteiger partial charge is 0.110 e. The first kappa shape index (κ1) is 27.7. The van der Waals surface area contributed by atoms with Crippen molar-refractivity contribution in [1.82, 2.24) is 0 Å². The zero-order valence-electron chi connectivity index (χ0n) is 21.7. The van der Waals surface area contributed by atoms with Gasteiger partial charge in [0.25, 0.3) is 0 Å². The Balaban J connectivity index is 1.67. The average Bonchev–Trinajstić information content (AvgIpc) is 3.00. The van der Waals surface area contributed by atoms with Gasteiger partial charge < -0.3 is 40.9 Å². The molecule has 0 bridgehead atoms. The summed E-state index contributed by atoms with van der Waals surface area (Å²) >= 11 is 0. The fraction of sp³-hybridized carbons (Fsp3) is 1.00. The molecule has 0 spiro atoms. The van der Waals surface area contributed by atoms with Crippen molar-refractivity contribution < 1.29 is 40.9 Å². The summed E-state index contributed by atoms with van der Waals surface area (Å²) in [6, 6.07) is 0. The highest BCUT2D eigenvalue weighted by molar-refractivity contribution is 5.25. The van der Waals surface area contributed by atoms with Crippen LogP contribution in [0, 0.1) is 46.3 Å². The predicted molar refractivity (Wildman–Crippen MR) is 129 cm³/mol. The molecule has 0 amide bonds. The fourth-order valence-electron chi connectivity index (χ4n) is 9.61. The maximum atomic E-state index is 12.3. The van der Waals surface area contributed by atoms with Gasteiger partial charge in [-0.05, 0) is 66.6 Å². The molecular weight excluding hydrogens is 452 g/mol. The van der Waals surface area contributed by atoms with Crippen molar-refractivity contribution in [2.24, 2.45) is 46.3 Å². The molecule has 4 aliphatic carbocycles. The lowest BCUT2D eigenvalue weighted by Crippen LogP contribution is -2.76. The molecule has 35 heavy (non-hydrogen) atoms. The van der Waals surface area contributed by atoms with Crippen LogP contribution >= 0.6 is 0 Å². The van der Waals surface area contributed by atoms with E-state index < -0.39 is 70.8 Å². The molecule has 0 radical (unpaired) electrons. The van der Waals surface area contributed by atoms with Crippen LogP contribution in [-0.4, -0.2) is 89.7 Å². The van der Waals surface area contributed by atoms with Gasteiger partial charge in [-0.25, -0.2) is 0 Å². The van der Waals surface area contributed by atoms with Crippen LogP contribution in [0.1, 0.15) is 72.6 Å². The average molecular weight is 501 g/mol. The summed E-state index contributed by atoms with van der Waals surface area (Å²) in [7, 11) is 0. The maximum Gasteiger partial charge on any atom is 0.110 e. The zero-order valence-corrected chi connectivity index (χ0v) is 21.7. The molecule has 0 heterocycles. The van der Waals surface area contributed by atoms with Crippen molar-refractivity contribution in [3.63, 3.8) is 0 Å². The largest absolute Gasteiger partial charge is 0.396 e. The molecule has 4 aliphatic rings. The Hall–Kier alpha value is -0.320. The monoisotopic (exact) mass is 500 g/mol. The summed E-state index contributed by atoms with van der Waals surface area (Å²) in [6.07, 6.45) is -3.02. The molecule has 0 aromatic heterocycles. The van der Waals surface area contributed by atoms with Gasteiger partial charge in [0.05, 0.1) is 30.5 Å². The molecule has 204 valence electrons. The van der Waals surface area contributed by atoms with Crippen LogP contribution < -0.4 is 0 Å². The minimum atomic E-state index is -1.83. The van der Waals surface area contributed by atoms with E-state index in [9.17, 15) is 40.9 Å². The van der Waals surface area contributed by atoms with E-state index in [2.05, 4.69) is 6.92 Å². The van der Waals surface area contributed by atoms with Crippen molar-refractivity contribution in [3.05, 3.63) is 0 Å². The van der Waals surface area contributed by atoms with Gasteiger partial charge in [-0.3, -0.25) is 0 Å². The van der Waals surface area contributed by atoms with Crippen molar-refractivity contribution in [2.75, 3.05) is 6.61 Å². The van der Waals surface area contributed by atoms with E-state index in [-0.39, 0.29) is 24.4 Å². The quantitative estimate of drug-likeness (QED) is 0.260. The first-order valence-corrected chi connectivity index (χ1v) is 13.7. The molecule has 4 saturated carbocycles. The molecule has 3 unspecified atom stereocenters. The second-order valence-electron chi connectivity index (χ2n) is 13.2. The molecule has 8 heteroatoms. The molecule has 4 fully saturated rings. The Labute approximate surface area is 209 Å². The lowest BCUT2D eigenvalue weighted by molar-refractivity contribution is -0.322. The van der Waals surface area contributed by atoms with E-state index in [4.69, 9.17) is 0 Å². The van der Waals surface area contributed by atoms with Crippen LogP contribution in [0.15, 0.2) is 0 Å². The molecule has 4 rings (SSSR count). The van der Waals surface area contributed by atoms with E-state index in [1.54, 1.807) is 0 Å². The second kappa shape index (κ2) is 9.45. The van der Waals surface area contributed by atoms with Crippen molar-refractivity contribution in [1.29, 1.82) is 0 Å². The first-order valence-electron chi connectivity index (χ1n) is 13.7. The van der Waals surface area contributed by atoms with E-state index in [0.29, 0.717) is 25.7 Å². The number of hydrogen-bond donors (Lipinski definition) is 8. The first-order chi connectivity index (χ1) is 16.3. The molecule has 0 aromatic carbocycles. The summed E-state index contributed by atoms with van der Waals surface area (Å²) in [5.74, 6) is -2.15. The normalized spacial score (nSPS) is 55.5. The van der Waals surface area contributed by atoms with Gasteiger partial charge in [0, 0.05) is 18.4 Å². The Bertz CT molecular complexity index is 765. The minimum Gasteiger partial charge on any atom is -0.396 e. The Morgan fingerprint density at radius 2 is 1.43 bits per heavy atom. The molecule has 0 aromatic rings. The van der Waals surface area contributed by atoms with Crippen molar-refractivity contribution in [3.8, 4) is 0 Å². The van der Waals surface area contributed by atoms with E-state index in [1.165, 1.54) is 0 Å². The molecule has 0 aliphatic heterocycles. The highest BCUT2D eigenvalue weighted by Gasteiger charge is 2.76. The number of rotatable bonds is 6. The summed E-state index contributed by atoms with van der Waals surface area (Å²) < 4.78 is 0. The van der Waals surface area contributed by atoms with Crippen molar-refractivity contribution >= 4 is 0 Å². The number of aliphatic hydroxyl groups excluding tert-OH is 7. The second-order valence-corrected chi connectivity index (χ2v) is 13.2. The predicted octanol–water partition coefficient (Wildman–Crippen LogP) is 0.410. The molecule has 8 nitrogen and oxygen atoms in total. The SMILES string of the molecule is C[C@H](CO)CCC[C@@H](C)[C@H]1[C@@H](O)[C@@H](O)C2[C@@]3(O)C(CC[C@@]21C)[C@@]1(C)CC[C@H](O)[C@H](O)C1[C@H](O)[C@H]3O. The third-order valence-electron chi connectivity index (χ3n) is 11.3. The van der Waals surface area contributed by atoms with E-state index in [0.717, 1.165) is 19.3 Å². The lowest BCUT2D eigenvalue weighted by Gasteiger charge is -2.67. The van der Waals surface area contributed by atoms with Gasteiger partial charge in [0.2, 0.25) is 0 Å². The number of hydrogen-bond acceptors (Lipinski definition) is 8. The molecule has 15 atom stereocenters. The minimum absolute atomic E-state index is 0.0568.